The summed E-state index contributed by atoms with van der Waals surface area (Å²) in [4.78, 5) is 30.9. The molecule has 1 aliphatic rings. The summed E-state index contributed by atoms with van der Waals surface area (Å²) in [5.74, 6) is -0.101. The first-order valence-corrected chi connectivity index (χ1v) is 10.4. The minimum atomic E-state index is -0.178. The van der Waals surface area contributed by atoms with Crippen molar-refractivity contribution in [3.8, 4) is 5.69 Å². The number of benzene rings is 2. The molecule has 1 fully saturated rings. The molecular weight excluding hydrogens is 384 g/mol. The van der Waals surface area contributed by atoms with Crippen molar-refractivity contribution >= 4 is 29.0 Å². The molecule has 150 valence electrons. The van der Waals surface area contributed by atoms with Crippen LogP contribution in [0.4, 0.5) is 0 Å². The fourth-order valence-corrected chi connectivity index (χ4v) is 4.31. The number of H-pyrrole nitrogens is 1. The average molecular weight is 409 g/mol. The summed E-state index contributed by atoms with van der Waals surface area (Å²) in [6.45, 7) is 4.92. The Morgan fingerprint density at radius 2 is 1.97 bits per heavy atom. The zero-order valence-electron chi connectivity index (χ0n) is 16.4. The number of aromatic nitrogens is 2. The van der Waals surface area contributed by atoms with Crippen molar-refractivity contribution in [2.75, 3.05) is 19.6 Å². The number of amides is 1. The average Bonchev–Trinajstić information content (AvgIpc) is 3.20. The quantitative estimate of drug-likeness (QED) is 0.636. The zero-order chi connectivity index (χ0) is 20.4. The second-order valence-corrected chi connectivity index (χ2v) is 7.68. The highest BCUT2D eigenvalue weighted by Gasteiger charge is 2.23. The summed E-state index contributed by atoms with van der Waals surface area (Å²) >= 11 is 5.38. The second-order valence-electron chi connectivity index (χ2n) is 7.30. The fourth-order valence-electron chi connectivity index (χ4n) is 4.01. The predicted molar refractivity (Wildman–Crippen MR) is 117 cm³/mol. The minimum Gasteiger partial charge on any atom is -0.350 e. The van der Waals surface area contributed by atoms with Gasteiger partial charge in [0.05, 0.1) is 16.6 Å². The molecule has 29 heavy (non-hydrogen) atoms. The molecule has 2 aromatic carbocycles. The Labute approximate surface area is 174 Å². The minimum absolute atomic E-state index is 0.101. The number of carbonyl (C=O) groups excluding carboxylic acids is 1. The number of para-hydroxylation sites is 1. The summed E-state index contributed by atoms with van der Waals surface area (Å²) in [5, 5.41) is 3.60. The monoisotopic (exact) mass is 408 g/mol. The largest absolute Gasteiger partial charge is 0.350 e. The Morgan fingerprint density at radius 1 is 1.21 bits per heavy atom. The van der Waals surface area contributed by atoms with E-state index < -0.39 is 0 Å². The third-order valence-corrected chi connectivity index (χ3v) is 5.88. The number of hydrogen-bond donors (Lipinski definition) is 2. The van der Waals surface area contributed by atoms with Gasteiger partial charge < -0.3 is 10.3 Å². The predicted octanol–water partition coefficient (Wildman–Crippen LogP) is 3.26. The van der Waals surface area contributed by atoms with Gasteiger partial charge in [-0.15, -0.1) is 0 Å². The van der Waals surface area contributed by atoms with Crippen LogP contribution < -0.4 is 10.9 Å². The molecule has 0 radical (unpaired) electrons. The molecule has 2 N–H and O–H groups in total. The zero-order valence-corrected chi connectivity index (χ0v) is 17.2. The topological polar surface area (TPSA) is 70.1 Å². The van der Waals surface area contributed by atoms with Gasteiger partial charge in [-0.05, 0) is 74.5 Å². The molecule has 0 saturated carbocycles. The maximum absolute atomic E-state index is 12.9. The van der Waals surface area contributed by atoms with Crippen molar-refractivity contribution < 1.29 is 4.79 Å². The summed E-state index contributed by atoms with van der Waals surface area (Å²) < 4.78 is 1.78. The Hall–Kier alpha value is -2.77. The maximum atomic E-state index is 12.9. The van der Waals surface area contributed by atoms with Gasteiger partial charge >= 0.3 is 0 Å². The third-order valence-electron chi connectivity index (χ3n) is 5.60. The van der Waals surface area contributed by atoms with Crippen LogP contribution in [0.3, 0.4) is 0 Å². The molecule has 1 aliphatic heterocycles. The van der Waals surface area contributed by atoms with E-state index in [9.17, 15) is 9.59 Å². The van der Waals surface area contributed by atoms with Crippen LogP contribution in [0.15, 0.2) is 53.3 Å². The molecule has 0 spiro atoms. The van der Waals surface area contributed by atoms with E-state index in [0.29, 0.717) is 39.5 Å². The Morgan fingerprint density at radius 3 is 2.72 bits per heavy atom. The van der Waals surface area contributed by atoms with Gasteiger partial charge in [-0.1, -0.05) is 19.1 Å². The van der Waals surface area contributed by atoms with Crippen LogP contribution in [0.25, 0.3) is 16.6 Å². The molecule has 1 saturated heterocycles. The first-order valence-electron chi connectivity index (χ1n) is 9.95. The van der Waals surface area contributed by atoms with Crippen LogP contribution in [0.1, 0.15) is 30.1 Å². The highest BCUT2D eigenvalue weighted by atomic mass is 32.1. The SMILES string of the molecule is CCN1CCCC1CNC(=O)c1ccc(-n2c(=S)[nH]c3ccccc3c2=O)cc1. The van der Waals surface area contributed by atoms with E-state index in [2.05, 4.69) is 22.1 Å². The summed E-state index contributed by atoms with van der Waals surface area (Å²) in [6.07, 6.45) is 2.31. The molecule has 1 amide bonds. The van der Waals surface area contributed by atoms with Crippen LogP contribution in [0.2, 0.25) is 0 Å². The van der Waals surface area contributed by atoms with Gasteiger partial charge in [-0.2, -0.15) is 0 Å². The fraction of sp³-hybridized carbons (Fsp3) is 0.318. The van der Waals surface area contributed by atoms with Crippen molar-refractivity contribution in [1.29, 1.82) is 0 Å². The maximum Gasteiger partial charge on any atom is 0.266 e. The normalized spacial score (nSPS) is 16.9. The van der Waals surface area contributed by atoms with E-state index in [0.717, 1.165) is 19.5 Å². The van der Waals surface area contributed by atoms with Crippen LogP contribution in [-0.2, 0) is 0 Å². The van der Waals surface area contributed by atoms with E-state index in [4.69, 9.17) is 12.2 Å². The lowest BCUT2D eigenvalue weighted by atomic mass is 10.1. The molecule has 3 aromatic rings. The number of hydrogen-bond acceptors (Lipinski definition) is 4. The van der Waals surface area contributed by atoms with Gasteiger partial charge in [0.2, 0.25) is 0 Å². The number of rotatable bonds is 5. The number of likely N-dealkylation sites (tertiary alicyclic amines) is 1. The molecule has 1 atom stereocenters. The Bertz CT molecular complexity index is 1150. The third kappa shape index (κ3) is 3.88. The molecular formula is C22H24N4O2S. The van der Waals surface area contributed by atoms with Crippen molar-refractivity contribution in [2.24, 2.45) is 0 Å². The van der Waals surface area contributed by atoms with Gasteiger partial charge in [0.15, 0.2) is 4.77 Å². The van der Waals surface area contributed by atoms with Crippen molar-refractivity contribution in [2.45, 2.75) is 25.8 Å². The van der Waals surface area contributed by atoms with Gasteiger partial charge in [-0.3, -0.25) is 19.1 Å². The van der Waals surface area contributed by atoms with Gasteiger partial charge in [0.25, 0.3) is 11.5 Å². The standard InChI is InChI=1S/C22H24N4O2S/c1-2-25-13-5-6-17(25)14-23-20(27)15-9-11-16(12-10-15)26-21(28)18-7-3-4-8-19(18)24-22(26)29/h3-4,7-12,17H,2,5-6,13-14H2,1H3,(H,23,27)(H,24,29). The van der Waals surface area contributed by atoms with Crippen molar-refractivity contribution in [3.05, 3.63) is 69.2 Å². The summed E-state index contributed by atoms with van der Waals surface area (Å²) in [5.41, 5.74) is 1.73. The molecule has 6 nitrogen and oxygen atoms in total. The van der Waals surface area contributed by atoms with E-state index in [1.54, 1.807) is 30.3 Å². The molecule has 1 aromatic heterocycles. The van der Waals surface area contributed by atoms with Crippen LogP contribution in [-0.4, -0.2) is 46.0 Å². The van der Waals surface area contributed by atoms with Crippen molar-refractivity contribution in [3.63, 3.8) is 0 Å². The molecule has 4 rings (SSSR count). The van der Waals surface area contributed by atoms with Crippen LogP contribution in [0, 0.1) is 4.77 Å². The van der Waals surface area contributed by atoms with Gasteiger partial charge in [0.1, 0.15) is 0 Å². The number of nitrogens with zero attached hydrogens (tertiary/aromatic N) is 2. The Kier molecular flexibility index (Phi) is 5.60. The smallest absolute Gasteiger partial charge is 0.266 e. The highest BCUT2D eigenvalue weighted by molar-refractivity contribution is 7.71. The van der Waals surface area contributed by atoms with E-state index in [-0.39, 0.29) is 11.5 Å². The highest BCUT2D eigenvalue weighted by Crippen LogP contribution is 2.16. The van der Waals surface area contributed by atoms with Gasteiger partial charge in [0, 0.05) is 18.2 Å². The molecule has 0 bridgehead atoms. The molecule has 0 aliphatic carbocycles. The number of aromatic amines is 1. The number of nitrogens with one attached hydrogen (secondary N) is 2. The first-order chi connectivity index (χ1) is 14.1. The van der Waals surface area contributed by atoms with Crippen LogP contribution in [0.5, 0.6) is 0 Å². The number of likely N-dealkylation sites (N-methyl/N-ethyl adjacent to an activating group) is 1. The lowest BCUT2D eigenvalue weighted by molar-refractivity contribution is 0.0941. The van der Waals surface area contributed by atoms with E-state index in [1.165, 1.54) is 11.0 Å². The second kappa shape index (κ2) is 8.31. The summed E-state index contributed by atoms with van der Waals surface area (Å²) in [6, 6.07) is 14.7. The lowest BCUT2D eigenvalue weighted by Crippen LogP contribution is -2.40. The first kappa shape index (κ1) is 19.5. The molecule has 2 heterocycles. The van der Waals surface area contributed by atoms with E-state index >= 15 is 0 Å². The Balaban J connectivity index is 1.54. The van der Waals surface area contributed by atoms with Crippen LogP contribution >= 0.6 is 12.2 Å². The summed E-state index contributed by atoms with van der Waals surface area (Å²) in [7, 11) is 0. The number of fused-ring (bicyclic) bond motifs is 1. The van der Waals surface area contributed by atoms with E-state index in [1.807, 2.05) is 18.2 Å². The van der Waals surface area contributed by atoms with Crippen molar-refractivity contribution in [1.82, 2.24) is 19.8 Å². The van der Waals surface area contributed by atoms with Gasteiger partial charge in [-0.25, -0.2) is 0 Å². The number of carbonyl (C=O) groups is 1. The molecule has 7 heteroatoms. The molecule has 1 unspecified atom stereocenters. The lowest BCUT2D eigenvalue weighted by Gasteiger charge is -2.22.